The number of ether oxygens (including phenoxy) is 1. The van der Waals surface area contributed by atoms with Gasteiger partial charge in [0.1, 0.15) is 11.5 Å². The molecule has 0 aliphatic heterocycles. The molecule has 0 spiro atoms. The van der Waals surface area contributed by atoms with Gasteiger partial charge in [-0.25, -0.2) is 0 Å². The van der Waals surface area contributed by atoms with Crippen LogP contribution in [0.1, 0.15) is 24.0 Å². The smallest absolute Gasteiger partial charge is 0.416 e. The first-order valence-corrected chi connectivity index (χ1v) is 6.72. The van der Waals surface area contributed by atoms with E-state index in [-0.39, 0.29) is 0 Å². The highest BCUT2D eigenvalue weighted by atomic mass is 19.4. The maximum Gasteiger partial charge on any atom is 0.416 e. The van der Waals surface area contributed by atoms with Gasteiger partial charge in [0.25, 0.3) is 0 Å². The van der Waals surface area contributed by atoms with Crippen molar-refractivity contribution in [2.45, 2.75) is 25.4 Å². The molecule has 0 fully saturated rings. The molecule has 0 aliphatic carbocycles. The van der Waals surface area contributed by atoms with Crippen molar-refractivity contribution in [1.82, 2.24) is 0 Å². The molecule has 4 heteroatoms. The standard InChI is InChI=1S/C17H16F3O/c1-2-3-4-13-5-9-15(10-6-13)21-16-11-7-14(8-12-16)17(18,19)20/h5-12H,1-4H2. The van der Waals surface area contributed by atoms with Crippen molar-refractivity contribution in [3.63, 3.8) is 0 Å². The van der Waals surface area contributed by atoms with Crippen LogP contribution < -0.4 is 4.74 Å². The maximum atomic E-state index is 12.4. The van der Waals surface area contributed by atoms with E-state index in [2.05, 4.69) is 6.92 Å². The molecule has 0 N–H and O–H groups in total. The summed E-state index contributed by atoms with van der Waals surface area (Å²) in [5.41, 5.74) is 0.511. The van der Waals surface area contributed by atoms with E-state index < -0.39 is 11.7 Å². The quantitative estimate of drug-likeness (QED) is 0.691. The Bertz CT molecular complexity index is 556. The molecule has 0 saturated heterocycles. The normalized spacial score (nSPS) is 11.4. The summed E-state index contributed by atoms with van der Waals surface area (Å²) in [7, 11) is 0. The molecule has 21 heavy (non-hydrogen) atoms. The van der Waals surface area contributed by atoms with Gasteiger partial charge in [-0.15, -0.1) is 0 Å². The summed E-state index contributed by atoms with van der Waals surface area (Å²) in [6, 6.07) is 12.2. The Labute approximate surface area is 122 Å². The average molecular weight is 293 g/mol. The molecule has 0 atom stereocenters. The second-order valence-electron chi connectivity index (χ2n) is 4.73. The SMILES string of the molecule is [CH2]CCCc1ccc(Oc2ccc(C(F)(F)F)cc2)cc1. The summed E-state index contributed by atoms with van der Waals surface area (Å²) in [6.07, 6.45) is -1.44. The number of rotatable bonds is 5. The molecule has 1 nitrogen and oxygen atoms in total. The molecule has 0 unspecified atom stereocenters. The molecule has 111 valence electrons. The summed E-state index contributed by atoms with van der Waals surface area (Å²) in [5.74, 6) is 0.988. The van der Waals surface area contributed by atoms with E-state index in [9.17, 15) is 13.2 Å². The fourth-order valence-corrected chi connectivity index (χ4v) is 1.90. The van der Waals surface area contributed by atoms with Crippen LogP contribution >= 0.6 is 0 Å². The Morgan fingerprint density at radius 2 is 1.38 bits per heavy atom. The Balaban J connectivity index is 2.01. The van der Waals surface area contributed by atoms with Crippen molar-refractivity contribution < 1.29 is 17.9 Å². The molecule has 2 aromatic rings. The highest BCUT2D eigenvalue weighted by Gasteiger charge is 2.30. The van der Waals surface area contributed by atoms with Crippen LogP contribution in [0.4, 0.5) is 13.2 Å². The number of unbranched alkanes of at least 4 members (excludes halogenated alkanes) is 1. The summed E-state index contributed by atoms with van der Waals surface area (Å²) < 4.78 is 42.9. The minimum absolute atomic E-state index is 0.383. The van der Waals surface area contributed by atoms with Crippen molar-refractivity contribution in [2.75, 3.05) is 0 Å². The maximum absolute atomic E-state index is 12.4. The first-order chi connectivity index (χ1) is 9.99. The second kappa shape index (κ2) is 6.66. The molecular weight excluding hydrogens is 277 g/mol. The molecular formula is C17H16F3O. The van der Waals surface area contributed by atoms with Crippen LogP contribution in [0.15, 0.2) is 48.5 Å². The monoisotopic (exact) mass is 293 g/mol. The fraction of sp³-hybridized carbons (Fsp3) is 0.235. The Morgan fingerprint density at radius 1 is 0.857 bits per heavy atom. The second-order valence-corrected chi connectivity index (χ2v) is 4.73. The minimum atomic E-state index is -4.33. The van der Waals surface area contributed by atoms with E-state index in [1.807, 2.05) is 24.3 Å². The van der Waals surface area contributed by atoms with Crippen molar-refractivity contribution >= 4 is 0 Å². The summed E-state index contributed by atoms with van der Waals surface area (Å²) in [5, 5.41) is 0. The first kappa shape index (κ1) is 15.4. The summed E-state index contributed by atoms with van der Waals surface area (Å²) in [6.45, 7) is 3.79. The molecule has 2 rings (SSSR count). The zero-order chi connectivity index (χ0) is 15.3. The lowest BCUT2D eigenvalue weighted by atomic mass is 10.1. The van der Waals surface area contributed by atoms with E-state index in [0.29, 0.717) is 11.5 Å². The van der Waals surface area contributed by atoms with Crippen LogP contribution in [0.25, 0.3) is 0 Å². The topological polar surface area (TPSA) is 9.23 Å². The van der Waals surface area contributed by atoms with Crippen LogP contribution in [-0.2, 0) is 12.6 Å². The van der Waals surface area contributed by atoms with E-state index in [1.54, 1.807) is 0 Å². The van der Waals surface area contributed by atoms with Gasteiger partial charge in [-0.1, -0.05) is 25.5 Å². The van der Waals surface area contributed by atoms with Gasteiger partial charge in [-0.2, -0.15) is 13.2 Å². The summed E-state index contributed by atoms with van der Waals surface area (Å²) in [4.78, 5) is 0. The summed E-state index contributed by atoms with van der Waals surface area (Å²) >= 11 is 0. The number of hydrogen-bond donors (Lipinski definition) is 0. The Morgan fingerprint density at radius 3 is 1.86 bits per heavy atom. The van der Waals surface area contributed by atoms with Crippen LogP contribution in [0, 0.1) is 6.92 Å². The lowest BCUT2D eigenvalue weighted by Gasteiger charge is -2.09. The van der Waals surface area contributed by atoms with Crippen molar-refractivity contribution in [3.8, 4) is 11.5 Å². The van der Waals surface area contributed by atoms with Gasteiger partial charge in [0.15, 0.2) is 0 Å². The molecule has 0 amide bonds. The molecule has 0 aliphatic rings. The highest BCUT2D eigenvalue weighted by Crippen LogP contribution is 2.31. The first-order valence-electron chi connectivity index (χ1n) is 6.72. The van der Waals surface area contributed by atoms with Crippen LogP contribution in [0.5, 0.6) is 11.5 Å². The van der Waals surface area contributed by atoms with Gasteiger partial charge in [0, 0.05) is 0 Å². The predicted molar refractivity (Wildman–Crippen MR) is 76.3 cm³/mol. The van der Waals surface area contributed by atoms with Crippen molar-refractivity contribution in [1.29, 1.82) is 0 Å². The number of aryl methyl sites for hydroxylation is 1. The van der Waals surface area contributed by atoms with Crippen molar-refractivity contribution in [3.05, 3.63) is 66.6 Å². The third kappa shape index (κ3) is 4.52. The molecule has 0 aromatic heterocycles. The van der Waals surface area contributed by atoms with Crippen LogP contribution in [0.2, 0.25) is 0 Å². The lowest BCUT2D eigenvalue weighted by molar-refractivity contribution is -0.137. The van der Waals surface area contributed by atoms with Gasteiger partial charge in [-0.3, -0.25) is 0 Å². The minimum Gasteiger partial charge on any atom is -0.457 e. The van der Waals surface area contributed by atoms with Gasteiger partial charge >= 0.3 is 6.18 Å². The zero-order valence-corrected chi connectivity index (χ0v) is 11.5. The Kier molecular flexibility index (Phi) is 4.89. The fourth-order valence-electron chi connectivity index (χ4n) is 1.90. The van der Waals surface area contributed by atoms with E-state index >= 15 is 0 Å². The lowest BCUT2D eigenvalue weighted by Crippen LogP contribution is -2.03. The number of benzene rings is 2. The van der Waals surface area contributed by atoms with Gasteiger partial charge in [0.05, 0.1) is 5.56 Å². The van der Waals surface area contributed by atoms with Gasteiger partial charge in [0.2, 0.25) is 0 Å². The van der Waals surface area contributed by atoms with Crippen molar-refractivity contribution in [2.24, 2.45) is 0 Å². The largest absolute Gasteiger partial charge is 0.457 e. The molecule has 2 aromatic carbocycles. The van der Waals surface area contributed by atoms with Crippen LogP contribution in [-0.4, -0.2) is 0 Å². The molecule has 0 heterocycles. The van der Waals surface area contributed by atoms with Gasteiger partial charge < -0.3 is 4.74 Å². The number of halogens is 3. The third-order valence-electron chi connectivity index (χ3n) is 3.06. The Hall–Kier alpha value is -1.97. The zero-order valence-electron chi connectivity index (χ0n) is 11.5. The predicted octanol–water partition coefficient (Wildman–Crippen LogP) is 5.65. The van der Waals surface area contributed by atoms with E-state index in [4.69, 9.17) is 4.74 Å². The highest BCUT2D eigenvalue weighted by molar-refractivity contribution is 5.35. The number of alkyl halides is 3. The van der Waals surface area contributed by atoms with E-state index in [0.717, 1.165) is 31.4 Å². The molecule has 0 bridgehead atoms. The molecule has 1 radical (unpaired) electrons. The third-order valence-corrected chi connectivity index (χ3v) is 3.06. The van der Waals surface area contributed by atoms with Crippen LogP contribution in [0.3, 0.4) is 0 Å². The van der Waals surface area contributed by atoms with E-state index in [1.165, 1.54) is 17.7 Å². The average Bonchev–Trinajstić information content (AvgIpc) is 2.46. The molecule has 0 saturated carbocycles. The number of hydrogen-bond acceptors (Lipinski definition) is 1. The van der Waals surface area contributed by atoms with Gasteiger partial charge in [-0.05, 0) is 54.8 Å².